The molecule has 2 aliphatic rings. The minimum Gasteiger partial charge on any atom is -0.310 e. The molecule has 2 heteroatoms. The van der Waals surface area contributed by atoms with Gasteiger partial charge in [-0.3, -0.25) is 0 Å². The summed E-state index contributed by atoms with van der Waals surface area (Å²) in [6.45, 7) is 6.89. The smallest absolute Gasteiger partial charge is 0.123 e. The summed E-state index contributed by atoms with van der Waals surface area (Å²) < 4.78 is 15.9. The van der Waals surface area contributed by atoms with Crippen LogP contribution in [0.15, 0.2) is 237 Å². The van der Waals surface area contributed by atoms with Gasteiger partial charge in [-0.1, -0.05) is 203 Å². The molecule has 1 unspecified atom stereocenters. The SMILES string of the molecule is CCc1cccc(C2(c3cccc(F)c3)c3ccc(-c4ccc(-c5ccccc5)cc4)cc3-c3ccc(N(c4ccc(-c5ccccc5)cc4)c4ccc5c(c4)C(C)(C)c4ccccc4-5)cc32)c1. The van der Waals surface area contributed by atoms with Crippen LogP contribution in [-0.2, 0) is 17.3 Å². The molecule has 2 aliphatic carbocycles. The third-order valence-corrected chi connectivity index (χ3v) is 14.8. The Balaban J connectivity index is 1.09. The van der Waals surface area contributed by atoms with E-state index in [1.165, 1.54) is 44.5 Å². The molecule has 0 spiro atoms. The molecule has 12 rings (SSSR count). The van der Waals surface area contributed by atoms with Gasteiger partial charge in [0.05, 0.1) is 5.41 Å². The number of nitrogens with zero attached hydrogens (tertiary/aromatic N) is 1. The Morgan fingerprint density at radius 3 is 1.50 bits per heavy atom. The molecule has 0 aromatic heterocycles. The highest BCUT2D eigenvalue weighted by Gasteiger charge is 2.47. The lowest BCUT2D eigenvalue weighted by atomic mass is 9.67. The lowest BCUT2D eigenvalue weighted by Crippen LogP contribution is -2.29. The van der Waals surface area contributed by atoms with Gasteiger partial charge in [-0.25, -0.2) is 4.39 Å². The van der Waals surface area contributed by atoms with Crippen molar-refractivity contribution in [1.29, 1.82) is 0 Å². The van der Waals surface area contributed by atoms with E-state index in [1.807, 2.05) is 6.07 Å². The van der Waals surface area contributed by atoms with E-state index >= 15 is 4.39 Å². The van der Waals surface area contributed by atoms with Crippen molar-refractivity contribution in [3.8, 4) is 55.6 Å². The molecule has 0 amide bonds. The second-order valence-electron chi connectivity index (χ2n) is 18.9. The van der Waals surface area contributed by atoms with Gasteiger partial charge in [-0.2, -0.15) is 0 Å². The number of benzene rings is 10. The summed E-state index contributed by atoms with van der Waals surface area (Å²) in [7, 11) is 0. The number of hydrogen-bond acceptors (Lipinski definition) is 1. The van der Waals surface area contributed by atoms with Gasteiger partial charge in [0.15, 0.2) is 0 Å². The summed E-state index contributed by atoms with van der Waals surface area (Å²) >= 11 is 0. The Kier molecular flexibility index (Phi) is 9.96. The van der Waals surface area contributed by atoms with Crippen LogP contribution in [0.5, 0.6) is 0 Å². The maximum Gasteiger partial charge on any atom is 0.123 e. The molecule has 1 nitrogen and oxygen atoms in total. The van der Waals surface area contributed by atoms with Gasteiger partial charge in [0.2, 0.25) is 0 Å². The van der Waals surface area contributed by atoms with E-state index in [0.717, 1.165) is 73.6 Å². The van der Waals surface area contributed by atoms with Crippen LogP contribution in [0.4, 0.5) is 21.5 Å². The summed E-state index contributed by atoms with van der Waals surface area (Å²) in [5.74, 6) is -0.253. The number of aryl methyl sites for hydroxylation is 1. The number of anilines is 3. The van der Waals surface area contributed by atoms with E-state index in [1.54, 1.807) is 12.1 Å². The van der Waals surface area contributed by atoms with Crippen molar-refractivity contribution in [3.05, 3.63) is 281 Å². The van der Waals surface area contributed by atoms with Gasteiger partial charge < -0.3 is 4.90 Å². The molecule has 10 aromatic rings. The highest BCUT2D eigenvalue weighted by Crippen LogP contribution is 2.59. The Bertz CT molecular complexity index is 3510. The van der Waals surface area contributed by atoms with Crippen molar-refractivity contribution >= 4 is 17.1 Å². The van der Waals surface area contributed by atoms with E-state index in [-0.39, 0.29) is 11.2 Å². The Morgan fingerprint density at radius 1 is 0.353 bits per heavy atom. The minimum absolute atomic E-state index is 0.180. The molecule has 10 aromatic carbocycles. The Hall–Kier alpha value is -8.07. The van der Waals surface area contributed by atoms with Crippen molar-refractivity contribution in [3.63, 3.8) is 0 Å². The van der Waals surface area contributed by atoms with Gasteiger partial charge in [0.1, 0.15) is 5.82 Å². The maximum atomic E-state index is 15.9. The van der Waals surface area contributed by atoms with Crippen molar-refractivity contribution < 1.29 is 4.39 Å². The first-order valence-electron chi connectivity index (χ1n) is 23.8. The quantitative estimate of drug-likeness (QED) is 0.140. The molecule has 0 heterocycles. The van der Waals surface area contributed by atoms with Crippen LogP contribution in [0, 0.1) is 5.82 Å². The standard InChI is InChI=1S/C66H50FN/c1-4-44-15-13-20-51(39-44)66(52-21-14-22-53(67)41-52)62-38-31-50(49-27-25-47(26-28-49)45-16-7-5-8-17-45)40-60(62)59-37-35-56(43-64(59)66)68(54-32-29-48(30-33-54)46-18-9-6-10-19-46)55-34-36-58-57-23-11-12-24-61(57)65(2,3)63(58)42-55/h5-43H,4H2,1-3H3. The van der Waals surface area contributed by atoms with Crippen LogP contribution in [0.3, 0.4) is 0 Å². The van der Waals surface area contributed by atoms with Gasteiger partial charge in [-0.15, -0.1) is 0 Å². The van der Waals surface area contributed by atoms with Gasteiger partial charge in [0.25, 0.3) is 0 Å². The monoisotopic (exact) mass is 875 g/mol. The number of rotatable bonds is 9. The van der Waals surface area contributed by atoms with Crippen LogP contribution in [0.25, 0.3) is 55.6 Å². The van der Waals surface area contributed by atoms with Crippen molar-refractivity contribution in [2.24, 2.45) is 0 Å². The zero-order valence-electron chi connectivity index (χ0n) is 38.5. The first kappa shape index (κ1) is 41.4. The van der Waals surface area contributed by atoms with Gasteiger partial charge in [-0.05, 0) is 156 Å². The van der Waals surface area contributed by atoms with Crippen molar-refractivity contribution in [1.82, 2.24) is 0 Å². The number of hydrogen-bond donors (Lipinski definition) is 0. The molecule has 0 saturated heterocycles. The molecule has 1 atom stereocenters. The molecule has 0 fully saturated rings. The molecule has 0 N–H and O–H groups in total. The zero-order valence-corrected chi connectivity index (χ0v) is 38.5. The summed E-state index contributed by atoms with van der Waals surface area (Å²) in [4.78, 5) is 2.41. The van der Waals surface area contributed by atoms with Crippen LogP contribution in [0.2, 0.25) is 0 Å². The van der Waals surface area contributed by atoms with E-state index in [4.69, 9.17) is 0 Å². The number of fused-ring (bicyclic) bond motifs is 6. The average molecular weight is 876 g/mol. The Morgan fingerprint density at radius 2 is 0.853 bits per heavy atom. The number of halogens is 1. The summed E-state index contributed by atoms with van der Waals surface area (Å²) in [5, 5.41) is 0. The lowest BCUT2D eigenvalue weighted by molar-refractivity contribution is 0.620. The summed E-state index contributed by atoms with van der Waals surface area (Å²) in [5.41, 5.74) is 22.2. The molecule has 326 valence electrons. The van der Waals surface area contributed by atoms with Gasteiger partial charge in [0, 0.05) is 22.5 Å². The molecular weight excluding hydrogens is 826 g/mol. The normalized spacial score (nSPS) is 15.0. The lowest BCUT2D eigenvalue weighted by Gasteiger charge is -2.35. The highest BCUT2D eigenvalue weighted by molar-refractivity contribution is 5.93. The zero-order chi connectivity index (χ0) is 46.0. The maximum absolute atomic E-state index is 15.9. The Labute approximate surface area is 399 Å². The van der Waals surface area contributed by atoms with E-state index < -0.39 is 5.41 Å². The topological polar surface area (TPSA) is 3.24 Å². The molecule has 0 radical (unpaired) electrons. The molecule has 68 heavy (non-hydrogen) atoms. The summed E-state index contributed by atoms with van der Waals surface area (Å²) in [6, 6.07) is 84.9. The third kappa shape index (κ3) is 6.66. The van der Waals surface area contributed by atoms with Crippen molar-refractivity contribution in [2.45, 2.75) is 38.0 Å². The fourth-order valence-corrected chi connectivity index (χ4v) is 11.4. The third-order valence-electron chi connectivity index (χ3n) is 14.8. The van der Waals surface area contributed by atoms with Gasteiger partial charge >= 0.3 is 0 Å². The van der Waals surface area contributed by atoms with E-state index in [0.29, 0.717) is 0 Å². The second-order valence-corrected chi connectivity index (χ2v) is 18.9. The van der Waals surface area contributed by atoms with Crippen LogP contribution in [-0.4, -0.2) is 0 Å². The highest BCUT2D eigenvalue weighted by atomic mass is 19.1. The van der Waals surface area contributed by atoms with Crippen LogP contribution >= 0.6 is 0 Å². The fraction of sp³-hybridized carbons (Fsp3) is 0.0909. The second kappa shape index (κ2) is 16.4. The van der Waals surface area contributed by atoms with E-state index in [2.05, 4.69) is 244 Å². The molecule has 0 aliphatic heterocycles. The van der Waals surface area contributed by atoms with Crippen LogP contribution < -0.4 is 4.90 Å². The predicted molar refractivity (Wildman–Crippen MR) is 282 cm³/mol. The fourth-order valence-electron chi connectivity index (χ4n) is 11.4. The predicted octanol–water partition coefficient (Wildman–Crippen LogP) is 17.5. The summed E-state index contributed by atoms with van der Waals surface area (Å²) in [6.07, 6.45) is 0.885. The minimum atomic E-state index is -0.825. The first-order valence-corrected chi connectivity index (χ1v) is 23.8. The molecule has 0 bridgehead atoms. The van der Waals surface area contributed by atoms with Crippen molar-refractivity contribution in [2.75, 3.05) is 4.90 Å². The largest absolute Gasteiger partial charge is 0.310 e. The van der Waals surface area contributed by atoms with E-state index in [9.17, 15) is 0 Å². The average Bonchev–Trinajstić information content (AvgIpc) is 3.81. The van der Waals surface area contributed by atoms with Crippen LogP contribution in [0.1, 0.15) is 59.7 Å². The first-order chi connectivity index (χ1) is 33.3. The molecular formula is C66H50FN. The molecule has 0 saturated carbocycles.